The Labute approximate surface area is 135 Å². The molecular formula is C14H11ClN4O2S. The number of amides is 1. The summed E-state index contributed by atoms with van der Waals surface area (Å²) < 4.78 is 7.19. The van der Waals surface area contributed by atoms with Crippen molar-refractivity contribution in [2.75, 3.05) is 5.75 Å². The molecule has 0 saturated heterocycles. The van der Waals surface area contributed by atoms with Gasteiger partial charge < -0.3 is 10.2 Å². The molecule has 0 saturated carbocycles. The summed E-state index contributed by atoms with van der Waals surface area (Å²) in [6.07, 6.45) is 1.56. The van der Waals surface area contributed by atoms with E-state index in [0.29, 0.717) is 21.8 Å². The van der Waals surface area contributed by atoms with Crippen molar-refractivity contribution in [3.63, 3.8) is 0 Å². The van der Waals surface area contributed by atoms with Crippen LogP contribution in [0, 0.1) is 0 Å². The van der Waals surface area contributed by atoms with Crippen LogP contribution in [-0.4, -0.2) is 26.4 Å². The van der Waals surface area contributed by atoms with Crippen LogP contribution in [0.4, 0.5) is 0 Å². The Morgan fingerprint density at radius 2 is 2.05 bits per heavy atom. The molecule has 3 rings (SSSR count). The quantitative estimate of drug-likeness (QED) is 0.725. The van der Waals surface area contributed by atoms with E-state index < -0.39 is 5.91 Å². The summed E-state index contributed by atoms with van der Waals surface area (Å²) in [5.41, 5.74) is 6.01. The lowest BCUT2D eigenvalue weighted by atomic mass is 10.3. The van der Waals surface area contributed by atoms with E-state index in [4.69, 9.17) is 21.8 Å². The average Bonchev–Trinajstić information content (AvgIpc) is 3.15. The maximum atomic E-state index is 11.0. The first-order chi connectivity index (χ1) is 10.6. The predicted molar refractivity (Wildman–Crippen MR) is 84.0 cm³/mol. The van der Waals surface area contributed by atoms with E-state index in [1.54, 1.807) is 35.1 Å². The van der Waals surface area contributed by atoms with Gasteiger partial charge in [-0.1, -0.05) is 23.4 Å². The lowest BCUT2D eigenvalue weighted by Crippen LogP contribution is -2.13. The second-order valence-electron chi connectivity index (χ2n) is 4.35. The standard InChI is InChI=1S/C14H11ClN4O2S/c15-9-3-5-10(6-4-9)19-13(11-2-1-7-21-11)17-18-14(19)22-8-12(16)20/h1-7H,8H2,(H2,16,20). The number of benzene rings is 1. The molecule has 112 valence electrons. The number of hydrogen-bond donors (Lipinski definition) is 1. The monoisotopic (exact) mass is 334 g/mol. The molecule has 2 N–H and O–H groups in total. The smallest absolute Gasteiger partial charge is 0.227 e. The van der Waals surface area contributed by atoms with Crippen molar-refractivity contribution in [3.05, 3.63) is 47.7 Å². The zero-order chi connectivity index (χ0) is 15.5. The van der Waals surface area contributed by atoms with Gasteiger partial charge >= 0.3 is 0 Å². The number of thioether (sulfide) groups is 1. The lowest BCUT2D eigenvalue weighted by Gasteiger charge is -2.08. The fourth-order valence-electron chi connectivity index (χ4n) is 1.89. The number of halogens is 1. The van der Waals surface area contributed by atoms with Gasteiger partial charge in [0.2, 0.25) is 11.7 Å². The predicted octanol–water partition coefficient (Wildman–Crippen LogP) is 2.76. The van der Waals surface area contributed by atoms with Crippen molar-refractivity contribution < 1.29 is 9.21 Å². The van der Waals surface area contributed by atoms with Crippen LogP contribution >= 0.6 is 23.4 Å². The number of carbonyl (C=O) groups is 1. The van der Waals surface area contributed by atoms with Crippen molar-refractivity contribution in [1.29, 1.82) is 0 Å². The Bertz CT molecular complexity index is 784. The first-order valence-corrected chi connectivity index (χ1v) is 7.68. The van der Waals surface area contributed by atoms with Gasteiger partial charge in [0.15, 0.2) is 10.9 Å². The van der Waals surface area contributed by atoms with Gasteiger partial charge in [0.1, 0.15) is 0 Å². The summed E-state index contributed by atoms with van der Waals surface area (Å²) in [6, 6.07) is 10.8. The maximum Gasteiger partial charge on any atom is 0.227 e. The summed E-state index contributed by atoms with van der Waals surface area (Å²) in [5.74, 6) is 0.812. The number of primary amides is 1. The highest BCUT2D eigenvalue weighted by atomic mass is 35.5. The molecule has 0 aliphatic heterocycles. The van der Waals surface area contributed by atoms with Crippen LogP contribution in [0.3, 0.4) is 0 Å². The Morgan fingerprint density at radius 1 is 1.27 bits per heavy atom. The number of nitrogens with two attached hydrogens (primary N) is 1. The maximum absolute atomic E-state index is 11.0. The van der Waals surface area contributed by atoms with Gasteiger partial charge in [0, 0.05) is 10.7 Å². The Morgan fingerprint density at radius 3 is 2.68 bits per heavy atom. The first-order valence-electron chi connectivity index (χ1n) is 6.31. The molecule has 1 amide bonds. The van der Waals surface area contributed by atoms with Crippen LogP contribution in [0.25, 0.3) is 17.3 Å². The zero-order valence-corrected chi connectivity index (χ0v) is 12.8. The van der Waals surface area contributed by atoms with Crippen molar-refractivity contribution >= 4 is 29.3 Å². The highest BCUT2D eigenvalue weighted by Crippen LogP contribution is 2.28. The van der Waals surface area contributed by atoms with Crippen LogP contribution in [0.5, 0.6) is 0 Å². The molecule has 1 aromatic carbocycles. The number of nitrogens with zero attached hydrogens (tertiary/aromatic N) is 3. The molecule has 22 heavy (non-hydrogen) atoms. The Hall–Kier alpha value is -2.25. The molecule has 3 aromatic rings. The zero-order valence-electron chi connectivity index (χ0n) is 11.3. The minimum atomic E-state index is -0.421. The van der Waals surface area contributed by atoms with Gasteiger partial charge in [-0.3, -0.25) is 9.36 Å². The van der Waals surface area contributed by atoms with Gasteiger partial charge in [-0.05, 0) is 36.4 Å². The Balaban J connectivity index is 2.08. The second-order valence-corrected chi connectivity index (χ2v) is 5.73. The molecule has 2 aromatic heterocycles. The van der Waals surface area contributed by atoms with Crippen LogP contribution < -0.4 is 5.73 Å². The summed E-state index contributed by atoms with van der Waals surface area (Å²) in [5, 5.41) is 9.44. The van der Waals surface area contributed by atoms with Gasteiger partial charge in [-0.15, -0.1) is 10.2 Å². The third kappa shape index (κ3) is 3.00. The van der Waals surface area contributed by atoms with E-state index in [2.05, 4.69) is 10.2 Å². The molecule has 0 atom stereocenters. The Kier molecular flexibility index (Phi) is 4.17. The number of hydrogen-bond acceptors (Lipinski definition) is 5. The second kappa shape index (κ2) is 6.25. The molecule has 0 aliphatic rings. The van der Waals surface area contributed by atoms with E-state index >= 15 is 0 Å². The first kappa shape index (κ1) is 14.7. The average molecular weight is 335 g/mol. The van der Waals surface area contributed by atoms with E-state index in [9.17, 15) is 4.79 Å². The third-order valence-corrected chi connectivity index (χ3v) is 4.01. The van der Waals surface area contributed by atoms with Crippen LogP contribution in [0.2, 0.25) is 5.02 Å². The summed E-state index contributed by atoms with van der Waals surface area (Å²) >= 11 is 7.14. The van der Waals surface area contributed by atoms with Crippen LogP contribution in [0.1, 0.15) is 0 Å². The molecule has 2 heterocycles. The number of carbonyl (C=O) groups excluding carboxylic acids is 1. The highest BCUT2D eigenvalue weighted by molar-refractivity contribution is 7.99. The highest BCUT2D eigenvalue weighted by Gasteiger charge is 2.18. The number of aromatic nitrogens is 3. The SMILES string of the molecule is NC(=O)CSc1nnc(-c2ccco2)n1-c1ccc(Cl)cc1. The summed E-state index contributed by atoms with van der Waals surface area (Å²) in [6.45, 7) is 0. The third-order valence-electron chi connectivity index (χ3n) is 2.80. The van der Waals surface area contributed by atoms with Crippen molar-refractivity contribution in [2.45, 2.75) is 5.16 Å². The summed E-state index contributed by atoms with van der Waals surface area (Å²) in [4.78, 5) is 11.0. The molecular weight excluding hydrogens is 324 g/mol. The fraction of sp³-hybridized carbons (Fsp3) is 0.0714. The molecule has 0 unspecified atom stereocenters. The number of rotatable bonds is 5. The topological polar surface area (TPSA) is 86.9 Å². The van der Waals surface area contributed by atoms with Crippen LogP contribution in [0.15, 0.2) is 52.2 Å². The molecule has 0 aliphatic carbocycles. The van der Waals surface area contributed by atoms with E-state index in [-0.39, 0.29) is 5.75 Å². The minimum absolute atomic E-state index is 0.115. The lowest BCUT2D eigenvalue weighted by molar-refractivity contribution is -0.115. The van der Waals surface area contributed by atoms with E-state index in [1.807, 2.05) is 12.1 Å². The molecule has 0 bridgehead atoms. The van der Waals surface area contributed by atoms with Gasteiger partial charge in [0.25, 0.3) is 0 Å². The summed E-state index contributed by atoms with van der Waals surface area (Å²) in [7, 11) is 0. The van der Waals surface area contributed by atoms with E-state index in [1.165, 1.54) is 11.8 Å². The van der Waals surface area contributed by atoms with Gasteiger partial charge in [-0.2, -0.15) is 0 Å². The van der Waals surface area contributed by atoms with Crippen molar-refractivity contribution in [1.82, 2.24) is 14.8 Å². The van der Waals surface area contributed by atoms with Crippen molar-refractivity contribution in [3.8, 4) is 17.3 Å². The normalized spacial score (nSPS) is 10.8. The largest absolute Gasteiger partial charge is 0.461 e. The molecule has 6 nitrogen and oxygen atoms in total. The van der Waals surface area contributed by atoms with Gasteiger partial charge in [-0.25, -0.2) is 0 Å². The minimum Gasteiger partial charge on any atom is -0.461 e. The van der Waals surface area contributed by atoms with E-state index in [0.717, 1.165) is 5.69 Å². The number of furan rings is 1. The van der Waals surface area contributed by atoms with Gasteiger partial charge in [0.05, 0.1) is 12.0 Å². The molecule has 0 fully saturated rings. The molecule has 8 heteroatoms. The van der Waals surface area contributed by atoms with Crippen molar-refractivity contribution in [2.24, 2.45) is 5.73 Å². The van der Waals surface area contributed by atoms with Crippen LogP contribution in [-0.2, 0) is 4.79 Å². The molecule has 0 radical (unpaired) electrons. The fourth-order valence-corrected chi connectivity index (χ4v) is 2.70. The molecule has 0 spiro atoms.